The highest BCUT2D eigenvalue weighted by molar-refractivity contribution is 5.00. The van der Waals surface area contributed by atoms with E-state index in [1.54, 1.807) is 0 Å². The summed E-state index contributed by atoms with van der Waals surface area (Å²) in [5, 5.41) is 3.71. The molecule has 18 heavy (non-hydrogen) atoms. The van der Waals surface area contributed by atoms with Gasteiger partial charge in [-0.2, -0.15) is 0 Å². The van der Waals surface area contributed by atoms with E-state index in [1.165, 1.54) is 38.8 Å². The average Bonchev–Trinajstić information content (AvgIpc) is 3.12. The number of rotatable bonds is 6. The van der Waals surface area contributed by atoms with E-state index in [0.717, 1.165) is 13.2 Å². The van der Waals surface area contributed by atoms with Gasteiger partial charge in [0.05, 0.1) is 0 Å². The summed E-state index contributed by atoms with van der Waals surface area (Å²) in [6.07, 6.45) is 5.25. The minimum atomic E-state index is 0.309. The molecule has 3 heteroatoms. The summed E-state index contributed by atoms with van der Waals surface area (Å²) in [5.74, 6) is 0. The molecule has 1 aliphatic carbocycles. The first-order valence-electron chi connectivity index (χ1n) is 7.51. The van der Waals surface area contributed by atoms with Gasteiger partial charge < -0.3 is 10.1 Å². The molecule has 1 heterocycles. The van der Waals surface area contributed by atoms with Crippen LogP contribution in [0.3, 0.4) is 0 Å². The van der Waals surface area contributed by atoms with Crippen LogP contribution in [0.2, 0.25) is 0 Å². The highest BCUT2D eigenvalue weighted by atomic mass is 16.5. The molecule has 1 saturated carbocycles. The number of ether oxygens (including phenoxy) is 1. The Morgan fingerprint density at radius 3 is 2.67 bits per heavy atom. The van der Waals surface area contributed by atoms with Crippen molar-refractivity contribution in [1.29, 1.82) is 0 Å². The third kappa shape index (κ3) is 3.25. The molecule has 0 amide bonds. The SMILES string of the molecule is CCC1(C)CN(CC2(CCOC)CC2)C(C)CN1. The molecule has 2 atom stereocenters. The van der Waals surface area contributed by atoms with Crippen LogP contribution in [-0.2, 0) is 4.74 Å². The van der Waals surface area contributed by atoms with E-state index >= 15 is 0 Å². The molecule has 0 aromatic rings. The number of methoxy groups -OCH3 is 1. The summed E-state index contributed by atoms with van der Waals surface area (Å²) in [4.78, 5) is 2.71. The summed E-state index contributed by atoms with van der Waals surface area (Å²) in [7, 11) is 1.82. The Balaban J connectivity index is 1.91. The third-order valence-corrected chi connectivity index (χ3v) is 5.11. The number of nitrogens with zero attached hydrogens (tertiary/aromatic N) is 1. The lowest BCUT2D eigenvalue weighted by Gasteiger charge is -2.46. The minimum Gasteiger partial charge on any atom is -0.385 e. The van der Waals surface area contributed by atoms with Crippen LogP contribution < -0.4 is 5.32 Å². The molecule has 1 saturated heterocycles. The maximum Gasteiger partial charge on any atom is 0.0468 e. The Morgan fingerprint density at radius 1 is 1.39 bits per heavy atom. The highest BCUT2D eigenvalue weighted by Crippen LogP contribution is 2.49. The van der Waals surface area contributed by atoms with Crippen LogP contribution in [-0.4, -0.2) is 49.8 Å². The molecule has 0 spiro atoms. The molecular formula is C15H30N2O. The van der Waals surface area contributed by atoms with E-state index in [9.17, 15) is 0 Å². The van der Waals surface area contributed by atoms with Gasteiger partial charge in [-0.05, 0) is 44.9 Å². The zero-order chi connectivity index (χ0) is 13.2. The van der Waals surface area contributed by atoms with Gasteiger partial charge in [0.2, 0.25) is 0 Å². The molecule has 0 aromatic carbocycles. The van der Waals surface area contributed by atoms with Gasteiger partial charge in [-0.3, -0.25) is 4.90 Å². The molecule has 106 valence electrons. The van der Waals surface area contributed by atoms with Crippen molar-refractivity contribution in [3.05, 3.63) is 0 Å². The maximum absolute atomic E-state index is 5.26. The van der Waals surface area contributed by atoms with Crippen molar-refractivity contribution in [1.82, 2.24) is 10.2 Å². The van der Waals surface area contributed by atoms with Crippen LogP contribution in [0.1, 0.15) is 46.5 Å². The van der Waals surface area contributed by atoms with Crippen molar-refractivity contribution in [3.8, 4) is 0 Å². The van der Waals surface area contributed by atoms with Gasteiger partial charge in [-0.1, -0.05) is 6.92 Å². The van der Waals surface area contributed by atoms with Gasteiger partial charge in [-0.15, -0.1) is 0 Å². The highest BCUT2D eigenvalue weighted by Gasteiger charge is 2.45. The van der Waals surface area contributed by atoms with Crippen LogP contribution in [0.4, 0.5) is 0 Å². The topological polar surface area (TPSA) is 24.5 Å². The Labute approximate surface area is 112 Å². The number of hydrogen-bond acceptors (Lipinski definition) is 3. The normalized spacial score (nSPS) is 35.7. The van der Waals surface area contributed by atoms with Gasteiger partial charge in [-0.25, -0.2) is 0 Å². The lowest BCUT2D eigenvalue weighted by molar-refractivity contribution is 0.0642. The van der Waals surface area contributed by atoms with Crippen LogP contribution in [0.5, 0.6) is 0 Å². The molecule has 2 rings (SSSR count). The Bertz CT molecular complexity index is 278. The Kier molecular flexibility index (Phi) is 4.35. The second kappa shape index (κ2) is 5.48. The molecule has 0 radical (unpaired) electrons. The fraction of sp³-hybridized carbons (Fsp3) is 1.00. The van der Waals surface area contributed by atoms with Crippen molar-refractivity contribution in [2.24, 2.45) is 5.41 Å². The van der Waals surface area contributed by atoms with Crippen molar-refractivity contribution in [2.45, 2.75) is 58.0 Å². The quantitative estimate of drug-likeness (QED) is 0.787. The van der Waals surface area contributed by atoms with Crippen molar-refractivity contribution in [3.63, 3.8) is 0 Å². The van der Waals surface area contributed by atoms with Gasteiger partial charge in [0.1, 0.15) is 0 Å². The molecule has 1 aliphatic heterocycles. The first-order chi connectivity index (χ1) is 8.52. The van der Waals surface area contributed by atoms with Crippen LogP contribution in [0.25, 0.3) is 0 Å². The van der Waals surface area contributed by atoms with E-state index in [-0.39, 0.29) is 0 Å². The molecule has 2 unspecified atom stereocenters. The first kappa shape index (κ1) is 14.3. The summed E-state index contributed by atoms with van der Waals surface area (Å²) in [6.45, 7) is 11.5. The van der Waals surface area contributed by atoms with Crippen LogP contribution in [0, 0.1) is 5.41 Å². The van der Waals surface area contributed by atoms with Gasteiger partial charge in [0.15, 0.2) is 0 Å². The molecule has 1 N–H and O–H groups in total. The number of hydrogen-bond donors (Lipinski definition) is 1. The summed E-state index contributed by atoms with van der Waals surface area (Å²) < 4.78 is 5.26. The lowest BCUT2D eigenvalue weighted by Crippen LogP contribution is -2.62. The molecule has 2 aliphatic rings. The molecular weight excluding hydrogens is 224 g/mol. The Hall–Kier alpha value is -0.120. The third-order valence-electron chi connectivity index (χ3n) is 5.11. The van der Waals surface area contributed by atoms with E-state index in [0.29, 0.717) is 17.0 Å². The summed E-state index contributed by atoms with van der Waals surface area (Å²) >= 11 is 0. The van der Waals surface area contributed by atoms with Crippen LogP contribution in [0.15, 0.2) is 0 Å². The van der Waals surface area contributed by atoms with Gasteiger partial charge in [0.25, 0.3) is 0 Å². The molecule has 2 fully saturated rings. The molecule has 0 bridgehead atoms. The van der Waals surface area contributed by atoms with Gasteiger partial charge in [0, 0.05) is 44.9 Å². The van der Waals surface area contributed by atoms with Crippen molar-refractivity contribution in [2.75, 3.05) is 33.4 Å². The Morgan fingerprint density at radius 2 is 2.11 bits per heavy atom. The largest absolute Gasteiger partial charge is 0.385 e. The number of piperazine rings is 1. The maximum atomic E-state index is 5.26. The van der Waals surface area contributed by atoms with Crippen molar-refractivity contribution < 1.29 is 4.74 Å². The average molecular weight is 254 g/mol. The predicted molar refractivity (Wildman–Crippen MR) is 75.9 cm³/mol. The summed E-state index contributed by atoms with van der Waals surface area (Å²) in [6, 6.07) is 0.671. The van der Waals surface area contributed by atoms with Gasteiger partial charge >= 0.3 is 0 Å². The zero-order valence-electron chi connectivity index (χ0n) is 12.6. The lowest BCUT2D eigenvalue weighted by atomic mass is 9.92. The fourth-order valence-corrected chi connectivity index (χ4v) is 3.05. The molecule has 3 nitrogen and oxygen atoms in total. The number of nitrogens with one attached hydrogen (secondary N) is 1. The standard InChI is InChI=1S/C15H30N2O/c1-5-14(3)11-17(13(2)10-16-14)12-15(6-7-15)8-9-18-4/h13,16H,5-12H2,1-4H3. The fourth-order valence-electron chi connectivity index (χ4n) is 3.05. The smallest absolute Gasteiger partial charge is 0.0468 e. The van der Waals surface area contributed by atoms with Crippen LogP contribution >= 0.6 is 0 Å². The predicted octanol–water partition coefficient (Wildman–Crippen LogP) is 2.27. The minimum absolute atomic E-state index is 0.309. The monoisotopic (exact) mass is 254 g/mol. The molecule has 0 aromatic heterocycles. The zero-order valence-corrected chi connectivity index (χ0v) is 12.6. The second-order valence-corrected chi connectivity index (χ2v) is 6.79. The summed E-state index contributed by atoms with van der Waals surface area (Å²) in [5.41, 5.74) is 0.889. The second-order valence-electron chi connectivity index (χ2n) is 6.79. The van der Waals surface area contributed by atoms with E-state index in [4.69, 9.17) is 4.74 Å². The van der Waals surface area contributed by atoms with E-state index < -0.39 is 0 Å². The van der Waals surface area contributed by atoms with E-state index in [2.05, 4.69) is 31.0 Å². The van der Waals surface area contributed by atoms with E-state index in [1.807, 2.05) is 7.11 Å². The first-order valence-corrected chi connectivity index (χ1v) is 7.51. The van der Waals surface area contributed by atoms with Crippen molar-refractivity contribution >= 4 is 0 Å².